The van der Waals surface area contributed by atoms with E-state index in [2.05, 4.69) is 20.4 Å². The van der Waals surface area contributed by atoms with E-state index in [1.54, 1.807) is 37.9 Å². The van der Waals surface area contributed by atoms with E-state index in [1.165, 1.54) is 15.8 Å². The fraction of sp³-hybridized carbons (Fsp3) is 0.292. The maximum atomic E-state index is 13.1. The molecule has 2 amide bonds. The fourth-order valence-electron chi connectivity index (χ4n) is 3.57. The number of carbonyl (C=O) groups excluding carboxylic acids is 2. The summed E-state index contributed by atoms with van der Waals surface area (Å²) in [6, 6.07) is 9.14. The Kier molecular flexibility index (Phi) is 7.54. The number of anilines is 1. The predicted octanol–water partition coefficient (Wildman–Crippen LogP) is 2.45. The SMILES string of the molecule is COc1cccc(-c2cn3ccc(NC(=O)c4c(C(=O)N(C)CCOCCF)cnn4C)nc3n2)c1. The Labute approximate surface area is 206 Å². The van der Waals surface area contributed by atoms with Crippen molar-refractivity contribution in [2.75, 3.05) is 45.9 Å². The molecule has 0 saturated carbocycles. The summed E-state index contributed by atoms with van der Waals surface area (Å²) in [5.41, 5.74) is 1.77. The van der Waals surface area contributed by atoms with Gasteiger partial charge >= 0.3 is 0 Å². The normalized spacial score (nSPS) is 11.0. The summed E-state index contributed by atoms with van der Waals surface area (Å²) in [7, 11) is 4.74. The van der Waals surface area contributed by atoms with Gasteiger partial charge in [0, 0.05) is 38.6 Å². The number of alkyl halides is 1. The molecular weight excluding hydrogens is 469 g/mol. The molecule has 36 heavy (non-hydrogen) atoms. The number of ether oxygens (including phenoxy) is 2. The lowest BCUT2D eigenvalue weighted by atomic mass is 10.1. The largest absolute Gasteiger partial charge is 0.497 e. The number of halogens is 1. The second-order valence-electron chi connectivity index (χ2n) is 7.89. The molecule has 12 heteroatoms. The van der Waals surface area contributed by atoms with Crippen LogP contribution in [0.2, 0.25) is 0 Å². The van der Waals surface area contributed by atoms with Gasteiger partial charge in [0.15, 0.2) is 0 Å². The highest BCUT2D eigenvalue weighted by molar-refractivity contribution is 6.10. The van der Waals surface area contributed by atoms with Crippen LogP contribution < -0.4 is 10.1 Å². The number of benzene rings is 1. The zero-order valence-corrected chi connectivity index (χ0v) is 20.1. The standard InChI is InChI=1S/C24H26FN7O4/c1-30(10-12-36-11-8-25)23(34)18-14-26-31(2)21(18)22(33)28-20-7-9-32-15-19(27-24(32)29-20)16-5-4-6-17(13-16)35-3/h4-7,9,13-15H,8,10-12H2,1-3H3,(H,27,28,29,33). The van der Waals surface area contributed by atoms with E-state index in [1.807, 2.05) is 30.5 Å². The van der Waals surface area contributed by atoms with Crippen LogP contribution in [0, 0.1) is 0 Å². The summed E-state index contributed by atoms with van der Waals surface area (Å²) < 4.78 is 25.6. The van der Waals surface area contributed by atoms with E-state index >= 15 is 0 Å². The third kappa shape index (κ3) is 5.33. The number of rotatable bonds is 10. The van der Waals surface area contributed by atoms with Gasteiger partial charge in [-0.05, 0) is 18.2 Å². The van der Waals surface area contributed by atoms with E-state index in [0.29, 0.717) is 17.2 Å². The van der Waals surface area contributed by atoms with Gasteiger partial charge in [-0.3, -0.25) is 18.7 Å². The average Bonchev–Trinajstić information content (AvgIpc) is 3.49. The monoisotopic (exact) mass is 495 g/mol. The van der Waals surface area contributed by atoms with Gasteiger partial charge in [0.1, 0.15) is 23.9 Å². The second kappa shape index (κ2) is 11.0. The van der Waals surface area contributed by atoms with Gasteiger partial charge in [0.2, 0.25) is 5.78 Å². The first kappa shape index (κ1) is 24.8. The van der Waals surface area contributed by atoms with Crippen LogP contribution in [0.15, 0.2) is 48.9 Å². The van der Waals surface area contributed by atoms with Crippen molar-refractivity contribution in [3.8, 4) is 17.0 Å². The van der Waals surface area contributed by atoms with Crippen LogP contribution >= 0.6 is 0 Å². The summed E-state index contributed by atoms with van der Waals surface area (Å²) >= 11 is 0. The molecule has 0 radical (unpaired) electrons. The van der Waals surface area contributed by atoms with Gasteiger partial charge in [-0.15, -0.1) is 0 Å². The van der Waals surface area contributed by atoms with Gasteiger partial charge in [-0.2, -0.15) is 10.1 Å². The number of nitrogens with one attached hydrogen (secondary N) is 1. The number of imidazole rings is 1. The quantitative estimate of drug-likeness (QED) is 0.336. The van der Waals surface area contributed by atoms with Crippen molar-refractivity contribution in [3.05, 3.63) is 60.2 Å². The van der Waals surface area contributed by atoms with E-state index in [-0.39, 0.29) is 36.8 Å². The first-order valence-corrected chi connectivity index (χ1v) is 11.1. The molecule has 0 aliphatic rings. The number of aryl methyl sites for hydroxylation is 1. The fourth-order valence-corrected chi connectivity index (χ4v) is 3.57. The predicted molar refractivity (Wildman–Crippen MR) is 130 cm³/mol. The zero-order valence-electron chi connectivity index (χ0n) is 20.1. The van der Waals surface area contributed by atoms with E-state index in [4.69, 9.17) is 9.47 Å². The Morgan fingerprint density at radius 1 is 1.19 bits per heavy atom. The Hall–Kier alpha value is -4.32. The molecule has 0 bridgehead atoms. The maximum Gasteiger partial charge on any atom is 0.275 e. The van der Waals surface area contributed by atoms with Crippen LogP contribution in [0.25, 0.3) is 17.0 Å². The second-order valence-corrected chi connectivity index (χ2v) is 7.89. The maximum absolute atomic E-state index is 13.1. The highest BCUT2D eigenvalue weighted by atomic mass is 19.1. The topological polar surface area (TPSA) is 116 Å². The molecule has 3 aromatic heterocycles. The molecule has 0 saturated heterocycles. The molecule has 4 aromatic rings. The van der Waals surface area contributed by atoms with Crippen LogP contribution in [0.4, 0.5) is 10.2 Å². The first-order chi connectivity index (χ1) is 17.4. The minimum absolute atomic E-state index is 0.0303. The summed E-state index contributed by atoms with van der Waals surface area (Å²) in [5.74, 6) is 0.418. The number of amides is 2. The van der Waals surface area contributed by atoms with Gasteiger partial charge in [0.05, 0.1) is 37.8 Å². The molecule has 4 rings (SSSR count). The third-order valence-corrected chi connectivity index (χ3v) is 5.46. The molecular formula is C24H26FN7O4. The third-order valence-electron chi connectivity index (χ3n) is 5.46. The molecule has 188 valence electrons. The molecule has 0 spiro atoms. The zero-order chi connectivity index (χ0) is 25.7. The van der Waals surface area contributed by atoms with E-state index < -0.39 is 18.5 Å². The number of fused-ring (bicyclic) bond motifs is 1. The molecule has 0 unspecified atom stereocenters. The van der Waals surface area contributed by atoms with Crippen molar-refractivity contribution < 1.29 is 23.5 Å². The van der Waals surface area contributed by atoms with Gasteiger partial charge < -0.3 is 19.7 Å². The van der Waals surface area contributed by atoms with Crippen LogP contribution in [0.3, 0.4) is 0 Å². The smallest absolute Gasteiger partial charge is 0.275 e. The minimum atomic E-state index is -0.592. The van der Waals surface area contributed by atoms with Crippen LogP contribution in [-0.4, -0.2) is 81.5 Å². The van der Waals surface area contributed by atoms with Crippen molar-refractivity contribution in [2.24, 2.45) is 7.05 Å². The Bertz CT molecular complexity index is 1380. The van der Waals surface area contributed by atoms with Crippen molar-refractivity contribution in [2.45, 2.75) is 0 Å². The number of nitrogens with zero attached hydrogens (tertiary/aromatic N) is 6. The average molecular weight is 496 g/mol. The van der Waals surface area contributed by atoms with Crippen LogP contribution in [-0.2, 0) is 11.8 Å². The van der Waals surface area contributed by atoms with Gasteiger partial charge in [-0.1, -0.05) is 12.1 Å². The van der Waals surface area contributed by atoms with E-state index in [0.717, 1.165) is 5.56 Å². The first-order valence-electron chi connectivity index (χ1n) is 11.1. The lowest BCUT2D eigenvalue weighted by molar-refractivity contribution is 0.0673. The number of likely N-dealkylation sites (N-methyl/N-ethyl adjacent to an activating group) is 1. The van der Waals surface area contributed by atoms with Crippen molar-refractivity contribution in [1.29, 1.82) is 0 Å². The number of methoxy groups -OCH3 is 1. The molecule has 0 aliphatic carbocycles. The van der Waals surface area contributed by atoms with Crippen molar-refractivity contribution in [1.82, 2.24) is 29.0 Å². The Morgan fingerprint density at radius 3 is 2.81 bits per heavy atom. The molecule has 0 atom stereocenters. The lowest BCUT2D eigenvalue weighted by Crippen LogP contribution is -2.32. The number of aromatic nitrogens is 5. The van der Waals surface area contributed by atoms with Crippen molar-refractivity contribution in [3.63, 3.8) is 0 Å². The van der Waals surface area contributed by atoms with Crippen LogP contribution in [0.1, 0.15) is 20.8 Å². The minimum Gasteiger partial charge on any atom is -0.497 e. The summed E-state index contributed by atoms with van der Waals surface area (Å²) in [5, 5.41) is 6.79. The molecule has 11 nitrogen and oxygen atoms in total. The van der Waals surface area contributed by atoms with E-state index in [9.17, 15) is 14.0 Å². The summed E-state index contributed by atoms with van der Waals surface area (Å²) in [6.07, 6.45) is 4.89. The molecule has 3 heterocycles. The molecule has 0 aliphatic heterocycles. The number of hydrogen-bond donors (Lipinski definition) is 1. The molecule has 1 N–H and O–H groups in total. The highest BCUT2D eigenvalue weighted by Gasteiger charge is 2.25. The highest BCUT2D eigenvalue weighted by Crippen LogP contribution is 2.23. The summed E-state index contributed by atoms with van der Waals surface area (Å²) in [6.45, 7) is -0.203. The summed E-state index contributed by atoms with van der Waals surface area (Å²) in [4.78, 5) is 36.3. The lowest BCUT2D eigenvalue weighted by Gasteiger charge is -2.17. The van der Waals surface area contributed by atoms with Gasteiger partial charge in [-0.25, -0.2) is 9.37 Å². The number of carbonyl (C=O) groups is 2. The Morgan fingerprint density at radius 2 is 2.03 bits per heavy atom. The van der Waals surface area contributed by atoms with Crippen LogP contribution in [0.5, 0.6) is 5.75 Å². The number of hydrogen-bond acceptors (Lipinski definition) is 7. The molecule has 0 fully saturated rings. The van der Waals surface area contributed by atoms with Crippen molar-refractivity contribution >= 4 is 23.4 Å². The Balaban J connectivity index is 1.51. The molecule has 1 aromatic carbocycles. The van der Waals surface area contributed by atoms with Gasteiger partial charge in [0.25, 0.3) is 11.8 Å².